The minimum Gasteiger partial charge on any atom is -0.392 e. The van der Waals surface area contributed by atoms with Crippen LogP contribution in [0.3, 0.4) is 0 Å². The maximum Gasteiger partial charge on any atom is 0.317 e. The first-order valence-corrected chi connectivity index (χ1v) is 9.93. The summed E-state index contributed by atoms with van der Waals surface area (Å²) in [5.41, 5.74) is 0. The SMILES string of the molecule is CC(C)N(C[C@@H](C)O)C(=O)NC1CCN(CC2CCCCC2)CC1. The van der Waals surface area contributed by atoms with Crippen molar-refractivity contribution in [3.63, 3.8) is 0 Å². The molecule has 1 aliphatic carbocycles. The number of likely N-dealkylation sites (tertiary alicyclic amines) is 1. The van der Waals surface area contributed by atoms with E-state index < -0.39 is 6.10 Å². The first kappa shape index (κ1) is 19.5. The highest BCUT2D eigenvalue weighted by Crippen LogP contribution is 2.25. The van der Waals surface area contributed by atoms with Gasteiger partial charge in [-0.05, 0) is 52.4 Å². The fourth-order valence-electron chi connectivity index (χ4n) is 4.07. The van der Waals surface area contributed by atoms with Crippen molar-refractivity contribution in [3.05, 3.63) is 0 Å². The third kappa shape index (κ3) is 6.25. The van der Waals surface area contributed by atoms with Crippen LogP contribution in [-0.4, -0.2) is 65.3 Å². The molecule has 24 heavy (non-hydrogen) atoms. The fraction of sp³-hybridized carbons (Fsp3) is 0.947. The molecule has 140 valence electrons. The maximum atomic E-state index is 12.5. The molecular weight excluding hydrogens is 302 g/mol. The number of amides is 2. The molecule has 0 spiro atoms. The van der Waals surface area contributed by atoms with Gasteiger partial charge in [-0.3, -0.25) is 0 Å². The summed E-state index contributed by atoms with van der Waals surface area (Å²) in [5.74, 6) is 0.896. The summed E-state index contributed by atoms with van der Waals surface area (Å²) >= 11 is 0. The van der Waals surface area contributed by atoms with E-state index >= 15 is 0 Å². The van der Waals surface area contributed by atoms with Gasteiger partial charge in [-0.15, -0.1) is 0 Å². The van der Waals surface area contributed by atoms with Crippen molar-refractivity contribution in [3.8, 4) is 0 Å². The first-order chi connectivity index (χ1) is 11.5. The van der Waals surface area contributed by atoms with E-state index in [4.69, 9.17) is 0 Å². The van der Waals surface area contributed by atoms with Crippen LogP contribution in [0.2, 0.25) is 0 Å². The molecule has 0 bridgehead atoms. The van der Waals surface area contributed by atoms with Crippen LogP contribution in [0.15, 0.2) is 0 Å². The van der Waals surface area contributed by atoms with E-state index in [9.17, 15) is 9.90 Å². The Morgan fingerprint density at radius 3 is 2.29 bits per heavy atom. The number of aliphatic hydroxyl groups excluding tert-OH is 1. The molecule has 2 amide bonds. The number of rotatable bonds is 6. The molecule has 5 nitrogen and oxygen atoms in total. The maximum absolute atomic E-state index is 12.5. The third-order valence-electron chi connectivity index (χ3n) is 5.50. The summed E-state index contributed by atoms with van der Waals surface area (Å²) in [6.45, 7) is 9.56. The predicted molar refractivity (Wildman–Crippen MR) is 98.1 cm³/mol. The molecule has 1 aliphatic heterocycles. The van der Waals surface area contributed by atoms with E-state index in [-0.39, 0.29) is 18.1 Å². The average Bonchev–Trinajstić information content (AvgIpc) is 2.55. The Morgan fingerprint density at radius 2 is 1.75 bits per heavy atom. The molecule has 5 heteroatoms. The molecule has 1 heterocycles. The van der Waals surface area contributed by atoms with Gasteiger partial charge in [0, 0.05) is 38.3 Å². The van der Waals surface area contributed by atoms with E-state index in [0.717, 1.165) is 31.8 Å². The molecule has 1 saturated carbocycles. The lowest BCUT2D eigenvalue weighted by molar-refractivity contribution is 0.112. The van der Waals surface area contributed by atoms with Crippen LogP contribution in [0, 0.1) is 5.92 Å². The van der Waals surface area contributed by atoms with Crippen LogP contribution < -0.4 is 5.32 Å². The van der Waals surface area contributed by atoms with Crippen LogP contribution in [0.4, 0.5) is 4.79 Å². The topological polar surface area (TPSA) is 55.8 Å². The van der Waals surface area contributed by atoms with E-state index in [2.05, 4.69) is 10.2 Å². The molecule has 2 fully saturated rings. The van der Waals surface area contributed by atoms with Gasteiger partial charge in [0.15, 0.2) is 0 Å². The lowest BCUT2D eigenvalue weighted by atomic mass is 9.88. The molecule has 0 unspecified atom stereocenters. The van der Waals surface area contributed by atoms with Crippen LogP contribution in [0.5, 0.6) is 0 Å². The molecule has 2 N–H and O–H groups in total. The summed E-state index contributed by atoms with van der Waals surface area (Å²) in [7, 11) is 0. The Balaban J connectivity index is 1.72. The lowest BCUT2D eigenvalue weighted by Gasteiger charge is -2.37. The second kappa shape index (κ2) is 9.62. The number of nitrogens with one attached hydrogen (secondary N) is 1. The quantitative estimate of drug-likeness (QED) is 0.782. The van der Waals surface area contributed by atoms with Crippen molar-refractivity contribution in [2.75, 3.05) is 26.2 Å². The van der Waals surface area contributed by atoms with E-state index in [1.807, 2.05) is 13.8 Å². The zero-order chi connectivity index (χ0) is 17.5. The van der Waals surface area contributed by atoms with Crippen LogP contribution in [0.1, 0.15) is 65.7 Å². The van der Waals surface area contributed by atoms with Gasteiger partial charge in [-0.1, -0.05) is 19.3 Å². The second-order valence-corrected chi connectivity index (χ2v) is 8.12. The summed E-state index contributed by atoms with van der Waals surface area (Å²) in [4.78, 5) is 16.8. The van der Waals surface area contributed by atoms with Crippen LogP contribution in [-0.2, 0) is 0 Å². The largest absolute Gasteiger partial charge is 0.392 e. The highest BCUT2D eigenvalue weighted by atomic mass is 16.3. The number of carbonyl (C=O) groups is 1. The Labute approximate surface area is 147 Å². The third-order valence-corrected chi connectivity index (χ3v) is 5.50. The Hall–Kier alpha value is -0.810. The van der Waals surface area contributed by atoms with Gasteiger partial charge in [-0.25, -0.2) is 4.79 Å². The summed E-state index contributed by atoms with van der Waals surface area (Å²) in [6, 6.07) is 0.345. The standard InChI is InChI=1S/C19H37N3O2/c1-15(2)22(13-16(3)23)19(24)20-18-9-11-21(12-10-18)14-17-7-5-4-6-8-17/h15-18,23H,4-14H2,1-3H3,(H,20,24)/t16-/m1/s1. The molecule has 2 rings (SSSR count). The lowest BCUT2D eigenvalue weighted by Crippen LogP contribution is -2.52. The number of piperidine rings is 1. The van der Waals surface area contributed by atoms with Crippen LogP contribution in [0.25, 0.3) is 0 Å². The average molecular weight is 340 g/mol. The number of hydrogen-bond donors (Lipinski definition) is 2. The summed E-state index contributed by atoms with van der Waals surface area (Å²) in [6.07, 6.45) is 8.63. The molecule has 1 saturated heterocycles. The highest BCUT2D eigenvalue weighted by Gasteiger charge is 2.26. The summed E-state index contributed by atoms with van der Waals surface area (Å²) < 4.78 is 0. The molecular formula is C19H37N3O2. The van der Waals surface area contributed by atoms with Gasteiger partial charge in [0.2, 0.25) is 0 Å². The number of hydrogen-bond acceptors (Lipinski definition) is 3. The number of carbonyl (C=O) groups excluding carboxylic acids is 1. The first-order valence-electron chi connectivity index (χ1n) is 9.93. The van der Waals surface area contributed by atoms with Crippen molar-refractivity contribution in [2.24, 2.45) is 5.92 Å². The smallest absolute Gasteiger partial charge is 0.317 e. The molecule has 1 atom stereocenters. The van der Waals surface area contributed by atoms with Crippen molar-refractivity contribution < 1.29 is 9.90 Å². The second-order valence-electron chi connectivity index (χ2n) is 8.12. The van der Waals surface area contributed by atoms with Crippen molar-refractivity contribution >= 4 is 6.03 Å². The minimum atomic E-state index is -0.490. The number of urea groups is 1. The van der Waals surface area contributed by atoms with Gasteiger partial charge in [0.1, 0.15) is 0 Å². The molecule has 0 aromatic heterocycles. The van der Waals surface area contributed by atoms with Gasteiger partial charge in [0.05, 0.1) is 6.10 Å². The monoisotopic (exact) mass is 339 g/mol. The molecule has 0 radical (unpaired) electrons. The minimum absolute atomic E-state index is 0.0309. The zero-order valence-corrected chi connectivity index (χ0v) is 15.8. The van der Waals surface area contributed by atoms with Gasteiger partial charge in [0.25, 0.3) is 0 Å². The van der Waals surface area contributed by atoms with Gasteiger partial charge in [-0.2, -0.15) is 0 Å². The van der Waals surface area contributed by atoms with E-state index in [1.165, 1.54) is 38.6 Å². The molecule has 0 aromatic rings. The zero-order valence-electron chi connectivity index (χ0n) is 15.8. The van der Waals surface area contributed by atoms with E-state index in [1.54, 1.807) is 11.8 Å². The number of nitrogens with zero attached hydrogens (tertiary/aromatic N) is 2. The van der Waals surface area contributed by atoms with Gasteiger partial charge >= 0.3 is 6.03 Å². The van der Waals surface area contributed by atoms with Crippen LogP contribution >= 0.6 is 0 Å². The Bertz CT molecular complexity index is 373. The predicted octanol–water partition coefficient (Wildman–Crippen LogP) is 2.83. The summed E-state index contributed by atoms with van der Waals surface area (Å²) in [5, 5.41) is 12.8. The highest BCUT2D eigenvalue weighted by molar-refractivity contribution is 5.74. The Kier molecular flexibility index (Phi) is 7.82. The molecule has 0 aromatic carbocycles. The van der Waals surface area contributed by atoms with E-state index in [0.29, 0.717) is 6.54 Å². The normalized spacial score (nSPS) is 22.5. The van der Waals surface area contributed by atoms with Crippen molar-refractivity contribution in [2.45, 2.75) is 83.9 Å². The number of aliphatic hydroxyl groups is 1. The Morgan fingerprint density at radius 1 is 1.12 bits per heavy atom. The van der Waals surface area contributed by atoms with Crippen molar-refractivity contribution in [1.29, 1.82) is 0 Å². The van der Waals surface area contributed by atoms with Crippen molar-refractivity contribution in [1.82, 2.24) is 15.1 Å². The van der Waals surface area contributed by atoms with Gasteiger partial charge < -0.3 is 20.2 Å². The molecule has 2 aliphatic rings. The fourth-order valence-corrected chi connectivity index (χ4v) is 4.07.